The van der Waals surface area contributed by atoms with Crippen molar-refractivity contribution in [2.45, 2.75) is 33.0 Å². The number of methoxy groups -OCH3 is 1. The summed E-state index contributed by atoms with van der Waals surface area (Å²) in [5.74, 6) is 1.21. The van der Waals surface area contributed by atoms with Crippen molar-refractivity contribution in [1.82, 2.24) is 15.5 Å². The van der Waals surface area contributed by atoms with Crippen molar-refractivity contribution in [3.05, 3.63) is 65.6 Å². The zero-order chi connectivity index (χ0) is 19.2. The predicted octanol–water partition coefficient (Wildman–Crippen LogP) is 4.30. The summed E-state index contributed by atoms with van der Waals surface area (Å²) in [5, 5.41) is 10.5. The third kappa shape index (κ3) is 4.86. The Morgan fingerprint density at radius 2 is 1.85 bits per heavy atom. The van der Waals surface area contributed by atoms with Gasteiger partial charge < -0.3 is 14.8 Å². The average molecular weight is 369 g/mol. The highest BCUT2D eigenvalue weighted by molar-refractivity contribution is 5.62. The molecule has 1 heterocycles. The topological polar surface area (TPSA) is 59.2 Å². The van der Waals surface area contributed by atoms with E-state index < -0.39 is 0 Å². The van der Waals surface area contributed by atoms with E-state index in [4.69, 9.17) is 9.47 Å². The standard InChI is InChI=1S/C21H24FN3O2/c1-14(2)27-19-9-4-15(10-20(19)26-3)11-23-12-17-13-24-25-21(17)16-5-7-18(22)8-6-16/h4-10,13-14,23H,11-12H2,1-3H3,(H,24,25). The highest BCUT2D eigenvalue weighted by Crippen LogP contribution is 2.29. The number of hydrogen-bond donors (Lipinski definition) is 2. The van der Waals surface area contributed by atoms with Gasteiger partial charge in [-0.2, -0.15) is 5.10 Å². The quantitative estimate of drug-likeness (QED) is 0.621. The Labute approximate surface area is 158 Å². The second kappa shape index (κ2) is 8.68. The second-order valence-corrected chi connectivity index (χ2v) is 6.53. The number of H-pyrrole nitrogens is 1. The van der Waals surface area contributed by atoms with Crippen LogP contribution >= 0.6 is 0 Å². The van der Waals surface area contributed by atoms with Crippen LogP contribution in [0.1, 0.15) is 25.0 Å². The zero-order valence-electron chi connectivity index (χ0n) is 15.8. The molecule has 2 N–H and O–H groups in total. The molecule has 0 aliphatic heterocycles. The van der Waals surface area contributed by atoms with Crippen LogP contribution < -0.4 is 14.8 Å². The van der Waals surface area contributed by atoms with E-state index in [-0.39, 0.29) is 11.9 Å². The van der Waals surface area contributed by atoms with E-state index >= 15 is 0 Å². The Morgan fingerprint density at radius 3 is 2.56 bits per heavy atom. The first kappa shape index (κ1) is 18.9. The molecule has 0 aliphatic carbocycles. The van der Waals surface area contributed by atoms with Gasteiger partial charge in [0, 0.05) is 24.2 Å². The van der Waals surface area contributed by atoms with E-state index in [9.17, 15) is 4.39 Å². The van der Waals surface area contributed by atoms with Gasteiger partial charge in [0.25, 0.3) is 0 Å². The van der Waals surface area contributed by atoms with E-state index in [1.54, 1.807) is 25.4 Å². The molecule has 5 nitrogen and oxygen atoms in total. The van der Waals surface area contributed by atoms with Gasteiger partial charge in [-0.1, -0.05) is 6.07 Å². The second-order valence-electron chi connectivity index (χ2n) is 6.53. The average Bonchev–Trinajstić information content (AvgIpc) is 3.11. The van der Waals surface area contributed by atoms with Crippen molar-refractivity contribution in [2.24, 2.45) is 0 Å². The fraction of sp³-hybridized carbons (Fsp3) is 0.286. The van der Waals surface area contributed by atoms with E-state index in [1.165, 1.54) is 12.1 Å². The summed E-state index contributed by atoms with van der Waals surface area (Å²) in [6.45, 7) is 5.28. The van der Waals surface area contributed by atoms with Crippen molar-refractivity contribution < 1.29 is 13.9 Å². The maximum absolute atomic E-state index is 13.1. The minimum absolute atomic E-state index is 0.0915. The largest absolute Gasteiger partial charge is 0.493 e. The van der Waals surface area contributed by atoms with Crippen molar-refractivity contribution in [1.29, 1.82) is 0 Å². The molecule has 0 aliphatic rings. The molecule has 27 heavy (non-hydrogen) atoms. The highest BCUT2D eigenvalue weighted by Gasteiger charge is 2.10. The Hall–Kier alpha value is -2.86. The normalized spacial score (nSPS) is 11.0. The van der Waals surface area contributed by atoms with Crippen molar-refractivity contribution in [3.8, 4) is 22.8 Å². The number of nitrogens with one attached hydrogen (secondary N) is 2. The molecule has 6 heteroatoms. The summed E-state index contributed by atoms with van der Waals surface area (Å²) in [5.41, 5.74) is 3.91. The number of benzene rings is 2. The molecule has 142 valence electrons. The molecule has 2 aromatic carbocycles. The summed E-state index contributed by atoms with van der Waals surface area (Å²) in [7, 11) is 1.64. The molecule has 0 saturated carbocycles. The van der Waals surface area contributed by atoms with Gasteiger partial charge in [0.1, 0.15) is 5.82 Å². The van der Waals surface area contributed by atoms with Gasteiger partial charge in [0.15, 0.2) is 11.5 Å². The Balaban J connectivity index is 1.64. The van der Waals surface area contributed by atoms with Gasteiger partial charge in [-0.05, 0) is 55.8 Å². The highest BCUT2D eigenvalue weighted by atomic mass is 19.1. The number of ether oxygens (including phenoxy) is 2. The number of rotatable bonds is 8. The van der Waals surface area contributed by atoms with Gasteiger partial charge in [-0.15, -0.1) is 0 Å². The lowest BCUT2D eigenvalue weighted by Gasteiger charge is -2.14. The number of aromatic amines is 1. The summed E-state index contributed by atoms with van der Waals surface area (Å²) < 4.78 is 24.3. The lowest BCUT2D eigenvalue weighted by molar-refractivity contribution is 0.230. The molecule has 0 spiro atoms. The molecule has 0 amide bonds. The zero-order valence-corrected chi connectivity index (χ0v) is 15.8. The summed E-state index contributed by atoms with van der Waals surface area (Å²) >= 11 is 0. The van der Waals surface area contributed by atoms with Gasteiger partial charge >= 0.3 is 0 Å². The Bertz CT molecular complexity index is 875. The van der Waals surface area contributed by atoms with Crippen LogP contribution in [0.15, 0.2) is 48.7 Å². The lowest BCUT2D eigenvalue weighted by Crippen LogP contribution is -2.13. The molecule has 0 radical (unpaired) electrons. The first-order valence-electron chi connectivity index (χ1n) is 8.89. The van der Waals surface area contributed by atoms with E-state index in [0.717, 1.165) is 33.9 Å². The number of aromatic nitrogens is 2. The number of halogens is 1. The Morgan fingerprint density at radius 1 is 1.07 bits per heavy atom. The molecular weight excluding hydrogens is 345 g/mol. The molecule has 3 aromatic rings. The van der Waals surface area contributed by atoms with Crippen LogP contribution in [0.4, 0.5) is 4.39 Å². The fourth-order valence-electron chi connectivity index (χ4n) is 2.83. The summed E-state index contributed by atoms with van der Waals surface area (Å²) in [6.07, 6.45) is 1.88. The van der Waals surface area contributed by atoms with Gasteiger partial charge in [0.05, 0.1) is 25.1 Å². The van der Waals surface area contributed by atoms with Crippen LogP contribution in [0.5, 0.6) is 11.5 Å². The van der Waals surface area contributed by atoms with Crippen LogP contribution in [0.25, 0.3) is 11.3 Å². The van der Waals surface area contributed by atoms with Gasteiger partial charge in [-0.3, -0.25) is 5.10 Å². The molecular formula is C21H24FN3O2. The number of nitrogens with zero attached hydrogens (tertiary/aromatic N) is 1. The van der Waals surface area contributed by atoms with Crippen LogP contribution in [-0.2, 0) is 13.1 Å². The first-order valence-corrected chi connectivity index (χ1v) is 8.89. The van der Waals surface area contributed by atoms with Gasteiger partial charge in [-0.25, -0.2) is 4.39 Å². The third-order valence-corrected chi connectivity index (χ3v) is 4.09. The summed E-state index contributed by atoms with van der Waals surface area (Å²) in [6, 6.07) is 12.3. The molecule has 1 aromatic heterocycles. The van der Waals surface area contributed by atoms with Crippen molar-refractivity contribution in [2.75, 3.05) is 7.11 Å². The maximum Gasteiger partial charge on any atom is 0.161 e. The fourth-order valence-corrected chi connectivity index (χ4v) is 2.83. The first-order chi connectivity index (χ1) is 13.1. The van der Waals surface area contributed by atoms with Crippen molar-refractivity contribution in [3.63, 3.8) is 0 Å². The minimum atomic E-state index is -0.253. The monoisotopic (exact) mass is 369 g/mol. The summed E-state index contributed by atoms with van der Waals surface area (Å²) in [4.78, 5) is 0. The molecule has 0 saturated heterocycles. The van der Waals surface area contributed by atoms with Crippen LogP contribution in [0, 0.1) is 5.82 Å². The molecule has 0 unspecified atom stereocenters. The van der Waals surface area contributed by atoms with E-state index in [0.29, 0.717) is 13.1 Å². The Kier molecular flexibility index (Phi) is 6.08. The maximum atomic E-state index is 13.1. The van der Waals surface area contributed by atoms with Crippen LogP contribution in [-0.4, -0.2) is 23.4 Å². The van der Waals surface area contributed by atoms with Crippen LogP contribution in [0.3, 0.4) is 0 Å². The molecule has 0 bridgehead atoms. The molecule has 3 rings (SSSR count). The molecule has 0 fully saturated rings. The van der Waals surface area contributed by atoms with E-state index in [2.05, 4.69) is 15.5 Å². The lowest BCUT2D eigenvalue weighted by atomic mass is 10.1. The number of hydrogen-bond acceptors (Lipinski definition) is 4. The third-order valence-electron chi connectivity index (χ3n) is 4.09. The van der Waals surface area contributed by atoms with Gasteiger partial charge in [0.2, 0.25) is 0 Å². The SMILES string of the molecule is COc1cc(CNCc2cn[nH]c2-c2ccc(F)cc2)ccc1OC(C)C. The smallest absolute Gasteiger partial charge is 0.161 e. The van der Waals surface area contributed by atoms with Crippen molar-refractivity contribution >= 4 is 0 Å². The van der Waals surface area contributed by atoms with Crippen LogP contribution in [0.2, 0.25) is 0 Å². The molecule has 0 atom stereocenters. The van der Waals surface area contributed by atoms with E-state index in [1.807, 2.05) is 32.0 Å². The predicted molar refractivity (Wildman–Crippen MR) is 103 cm³/mol. The minimum Gasteiger partial charge on any atom is -0.493 e.